The Labute approximate surface area is 217 Å². The van der Waals surface area contributed by atoms with Crippen molar-refractivity contribution in [2.75, 3.05) is 28.8 Å². The summed E-state index contributed by atoms with van der Waals surface area (Å²) in [6.07, 6.45) is 0. The van der Waals surface area contributed by atoms with Crippen LogP contribution in [0.15, 0.2) is 71.6 Å². The molecule has 1 N–H and O–H groups in total. The second kappa shape index (κ2) is 11.8. The summed E-state index contributed by atoms with van der Waals surface area (Å²) in [5.74, 6) is -0.468. The lowest BCUT2D eigenvalue weighted by Crippen LogP contribution is -2.40. The van der Waals surface area contributed by atoms with E-state index in [1.54, 1.807) is 18.2 Å². The average Bonchev–Trinajstić information content (AvgIpc) is 2.84. The number of hydrogen-bond acceptors (Lipinski definition) is 4. The van der Waals surface area contributed by atoms with Crippen molar-refractivity contribution in [3.8, 4) is 0 Å². The maximum Gasteiger partial charge on any atom is 0.264 e. The minimum atomic E-state index is -4.09. The highest BCUT2D eigenvalue weighted by atomic mass is 35.5. The molecule has 0 bridgehead atoms. The van der Waals surface area contributed by atoms with Crippen molar-refractivity contribution < 1.29 is 13.2 Å². The zero-order valence-corrected chi connectivity index (χ0v) is 22.3. The van der Waals surface area contributed by atoms with Gasteiger partial charge in [0.1, 0.15) is 6.54 Å². The third-order valence-electron chi connectivity index (χ3n) is 5.63. The lowest BCUT2D eigenvalue weighted by Gasteiger charge is -2.25. The summed E-state index contributed by atoms with van der Waals surface area (Å²) in [5.41, 5.74) is 3.07. The smallest absolute Gasteiger partial charge is 0.264 e. The molecule has 0 unspecified atom stereocenters. The number of halogens is 2. The number of nitrogens with zero attached hydrogens (tertiary/aromatic N) is 2. The number of aryl methyl sites for hydroxylation is 1. The van der Waals surface area contributed by atoms with Gasteiger partial charge in [0.25, 0.3) is 10.0 Å². The van der Waals surface area contributed by atoms with Crippen molar-refractivity contribution >= 4 is 50.5 Å². The summed E-state index contributed by atoms with van der Waals surface area (Å²) in [5, 5.41) is 3.29. The molecule has 0 saturated carbocycles. The van der Waals surface area contributed by atoms with Crippen molar-refractivity contribution in [3.05, 3.63) is 87.9 Å². The second-order valence-electron chi connectivity index (χ2n) is 8.04. The third kappa shape index (κ3) is 6.69. The highest BCUT2D eigenvalue weighted by Gasteiger charge is 2.29. The molecule has 9 heteroatoms. The monoisotopic (exact) mass is 533 g/mol. The number of anilines is 2. The Kier molecular flexibility index (Phi) is 9.05. The zero-order chi connectivity index (χ0) is 25.6. The SMILES string of the molecule is CCN(CC)c1ccc(CNC(=O)CN(c2cc(Cl)ccc2Cl)S(=O)(=O)c2ccc(C)cc2)cc1. The van der Waals surface area contributed by atoms with E-state index in [1.165, 1.54) is 24.3 Å². The summed E-state index contributed by atoms with van der Waals surface area (Å²) < 4.78 is 28.0. The molecule has 0 saturated heterocycles. The Morgan fingerprint density at radius 1 is 0.914 bits per heavy atom. The normalized spacial score (nSPS) is 11.2. The van der Waals surface area contributed by atoms with Gasteiger partial charge in [-0.3, -0.25) is 9.10 Å². The van der Waals surface area contributed by atoms with Gasteiger partial charge in [0, 0.05) is 30.3 Å². The predicted molar refractivity (Wildman–Crippen MR) is 144 cm³/mol. The topological polar surface area (TPSA) is 69.7 Å². The highest BCUT2D eigenvalue weighted by Crippen LogP contribution is 2.33. The van der Waals surface area contributed by atoms with Crippen LogP contribution < -0.4 is 14.5 Å². The highest BCUT2D eigenvalue weighted by molar-refractivity contribution is 7.92. The van der Waals surface area contributed by atoms with Crippen molar-refractivity contribution in [1.29, 1.82) is 0 Å². The van der Waals surface area contributed by atoms with Gasteiger partial charge < -0.3 is 10.2 Å². The molecule has 186 valence electrons. The maximum absolute atomic E-state index is 13.5. The first-order chi connectivity index (χ1) is 16.6. The Morgan fingerprint density at radius 2 is 1.54 bits per heavy atom. The Morgan fingerprint density at radius 3 is 2.14 bits per heavy atom. The summed E-state index contributed by atoms with van der Waals surface area (Å²) in [4.78, 5) is 15.2. The summed E-state index contributed by atoms with van der Waals surface area (Å²) >= 11 is 12.5. The van der Waals surface area contributed by atoms with E-state index in [9.17, 15) is 13.2 Å². The zero-order valence-electron chi connectivity index (χ0n) is 20.0. The summed E-state index contributed by atoms with van der Waals surface area (Å²) in [7, 11) is -4.09. The van der Waals surface area contributed by atoms with Gasteiger partial charge in [0.15, 0.2) is 0 Å². The van der Waals surface area contributed by atoms with E-state index < -0.39 is 22.5 Å². The molecular formula is C26H29Cl2N3O3S. The first-order valence-electron chi connectivity index (χ1n) is 11.3. The molecular weight excluding hydrogens is 505 g/mol. The van der Waals surface area contributed by atoms with Crippen LogP contribution in [0.2, 0.25) is 10.0 Å². The molecule has 0 spiro atoms. The molecule has 1 amide bonds. The van der Waals surface area contributed by atoms with Gasteiger partial charge in [0.2, 0.25) is 5.91 Å². The van der Waals surface area contributed by atoms with E-state index >= 15 is 0 Å². The van der Waals surface area contributed by atoms with Gasteiger partial charge in [0.05, 0.1) is 15.6 Å². The number of benzene rings is 3. The third-order valence-corrected chi connectivity index (χ3v) is 7.96. The number of rotatable bonds is 10. The largest absolute Gasteiger partial charge is 0.372 e. The number of nitrogens with one attached hydrogen (secondary N) is 1. The quantitative estimate of drug-likeness (QED) is 0.365. The number of hydrogen-bond donors (Lipinski definition) is 1. The van der Waals surface area contributed by atoms with Crippen LogP contribution >= 0.6 is 23.2 Å². The van der Waals surface area contributed by atoms with Gasteiger partial charge >= 0.3 is 0 Å². The molecule has 3 aromatic carbocycles. The fourth-order valence-corrected chi connectivity index (χ4v) is 5.48. The molecule has 35 heavy (non-hydrogen) atoms. The molecule has 0 aliphatic carbocycles. The van der Waals surface area contributed by atoms with Crippen molar-refractivity contribution in [2.45, 2.75) is 32.2 Å². The number of amides is 1. The lowest BCUT2D eigenvalue weighted by molar-refractivity contribution is -0.119. The van der Waals surface area contributed by atoms with Crippen LogP contribution in [0.1, 0.15) is 25.0 Å². The molecule has 3 aromatic rings. The Hall–Kier alpha value is -2.74. The van der Waals surface area contributed by atoms with Gasteiger partial charge in [-0.2, -0.15) is 0 Å². The average molecular weight is 535 g/mol. The molecule has 6 nitrogen and oxygen atoms in total. The van der Waals surface area contributed by atoms with E-state index in [1.807, 2.05) is 31.2 Å². The van der Waals surface area contributed by atoms with Crippen LogP contribution in [-0.4, -0.2) is 34.0 Å². The molecule has 0 aromatic heterocycles. The Bertz CT molecular complexity index is 1260. The van der Waals surface area contributed by atoms with E-state index in [4.69, 9.17) is 23.2 Å². The minimum absolute atomic E-state index is 0.0546. The van der Waals surface area contributed by atoms with Crippen LogP contribution in [0.25, 0.3) is 0 Å². The van der Waals surface area contributed by atoms with Crippen LogP contribution in [0.5, 0.6) is 0 Å². The van der Waals surface area contributed by atoms with E-state index in [0.717, 1.165) is 34.2 Å². The number of sulfonamides is 1. The molecule has 0 aliphatic rings. The van der Waals surface area contributed by atoms with Gasteiger partial charge in [-0.15, -0.1) is 0 Å². The first kappa shape index (κ1) is 26.9. The second-order valence-corrected chi connectivity index (χ2v) is 10.7. The van der Waals surface area contributed by atoms with Crippen LogP contribution in [0.4, 0.5) is 11.4 Å². The molecule has 0 heterocycles. The van der Waals surface area contributed by atoms with Crippen molar-refractivity contribution in [2.24, 2.45) is 0 Å². The Balaban J connectivity index is 1.82. The summed E-state index contributed by atoms with van der Waals surface area (Å²) in [6, 6.07) is 18.8. The molecule has 0 radical (unpaired) electrons. The maximum atomic E-state index is 13.5. The van der Waals surface area contributed by atoms with E-state index in [0.29, 0.717) is 5.02 Å². The van der Waals surface area contributed by atoms with Crippen LogP contribution in [0, 0.1) is 6.92 Å². The van der Waals surface area contributed by atoms with Crippen molar-refractivity contribution in [3.63, 3.8) is 0 Å². The molecule has 0 fully saturated rings. The molecule has 0 atom stereocenters. The van der Waals surface area contributed by atoms with E-state index in [-0.39, 0.29) is 22.2 Å². The van der Waals surface area contributed by atoms with Crippen molar-refractivity contribution in [1.82, 2.24) is 5.32 Å². The first-order valence-corrected chi connectivity index (χ1v) is 13.5. The van der Waals surface area contributed by atoms with Gasteiger partial charge in [-0.1, -0.05) is 53.0 Å². The molecule has 0 aliphatic heterocycles. The standard InChI is InChI=1S/C26H29Cl2N3O3S/c1-4-30(5-2)22-11-8-20(9-12-22)17-29-26(32)18-31(25-16-21(27)10-15-24(25)28)35(33,34)23-13-6-19(3)7-14-23/h6-16H,4-5,17-18H2,1-3H3,(H,29,32). The summed E-state index contributed by atoms with van der Waals surface area (Å²) in [6.45, 7) is 7.69. The number of carbonyl (C=O) groups excluding carboxylic acids is 1. The molecule has 3 rings (SSSR count). The fourth-order valence-electron chi connectivity index (χ4n) is 3.61. The van der Waals surface area contributed by atoms with Gasteiger partial charge in [-0.05, 0) is 68.8 Å². The minimum Gasteiger partial charge on any atom is -0.372 e. The van der Waals surface area contributed by atoms with Gasteiger partial charge in [-0.25, -0.2) is 8.42 Å². The predicted octanol–water partition coefficient (Wildman–Crippen LogP) is 5.66. The fraction of sp³-hybridized carbons (Fsp3) is 0.269. The van der Waals surface area contributed by atoms with E-state index in [2.05, 4.69) is 24.1 Å². The van der Waals surface area contributed by atoms with Crippen LogP contribution in [-0.2, 0) is 21.4 Å². The number of carbonyl (C=O) groups is 1. The lowest BCUT2D eigenvalue weighted by atomic mass is 10.2. The van der Waals surface area contributed by atoms with Crippen LogP contribution in [0.3, 0.4) is 0 Å².